The number of halogens is 1. The van der Waals surface area contributed by atoms with Gasteiger partial charge in [0.2, 0.25) is 11.8 Å². The predicted octanol–water partition coefficient (Wildman–Crippen LogP) is 2.56. The van der Waals surface area contributed by atoms with Gasteiger partial charge in [0, 0.05) is 16.8 Å². The minimum absolute atomic E-state index is 0.179. The van der Waals surface area contributed by atoms with E-state index in [4.69, 9.17) is 20.9 Å². The maximum Gasteiger partial charge on any atom is 0.235 e. The number of amides is 2. The molecular formula is C19H16ClN3O4. The van der Waals surface area contributed by atoms with Gasteiger partial charge in [-0.3, -0.25) is 14.5 Å². The van der Waals surface area contributed by atoms with Crippen LogP contribution < -0.4 is 10.2 Å². The molecule has 4 atom stereocenters. The van der Waals surface area contributed by atoms with E-state index in [1.54, 1.807) is 37.3 Å². The van der Waals surface area contributed by atoms with Crippen LogP contribution in [0.5, 0.6) is 0 Å². The van der Waals surface area contributed by atoms with Crippen molar-refractivity contribution in [1.29, 1.82) is 0 Å². The molecule has 1 aromatic heterocycles. The summed E-state index contributed by atoms with van der Waals surface area (Å²) in [5, 5.41) is 7.32. The third kappa shape index (κ3) is 2.42. The lowest BCUT2D eigenvalue weighted by atomic mass is 9.77. The molecule has 0 radical (unpaired) electrons. The summed E-state index contributed by atoms with van der Waals surface area (Å²) in [4.78, 5) is 27.6. The Morgan fingerprint density at radius 1 is 1.41 bits per heavy atom. The molecule has 138 valence electrons. The molecule has 8 heteroatoms. The lowest BCUT2D eigenvalue weighted by Crippen LogP contribution is -2.41. The van der Waals surface area contributed by atoms with E-state index in [9.17, 15) is 9.59 Å². The van der Waals surface area contributed by atoms with Gasteiger partial charge in [0.25, 0.3) is 0 Å². The predicted molar refractivity (Wildman–Crippen MR) is 97.4 cm³/mol. The second-order valence-electron chi connectivity index (χ2n) is 7.12. The van der Waals surface area contributed by atoms with Crippen molar-refractivity contribution < 1.29 is 18.8 Å². The molecule has 2 amide bonds. The van der Waals surface area contributed by atoms with Crippen LogP contribution in [0.15, 0.2) is 47.0 Å². The van der Waals surface area contributed by atoms with E-state index in [1.807, 2.05) is 12.2 Å². The summed E-state index contributed by atoms with van der Waals surface area (Å²) in [6.07, 6.45) is 3.35. The Hall–Kier alpha value is -2.64. The highest BCUT2D eigenvalue weighted by Crippen LogP contribution is 2.52. The minimum atomic E-state index is -0.801. The second-order valence-corrected chi connectivity index (χ2v) is 7.56. The molecule has 3 aliphatic heterocycles. The zero-order valence-corrected chi connectivity index (χ0v) is 15.1. The number of hydrogen-bond donors (Lipinski definition) is 1. The first-order chi connectivity index (χ1) is 13.0. The highest BCUT2D eigenvalue weighted by Gasteiger charge is 2.67. The van der Waals surface area contributed by atoms with Crippen molar-refractivity contribution in [2.24, 2.45) is 11.8 Å². The van der Waals surface area contributed by atoms with Gasteiger partial charge in [-0.05, 0) is 25.1 Å². The molecule has 2 bridgehead atoms. The van der Waals surface area contributed by atoms with Gasteiger partial charge in [-0.25, -0.2) is 0 Å². The standard InChI is InChI=1S/C19H16ClN3O4/c1-10-7-14(22-27-10)23-9-19-6-5-13(26-19)15(16(19)18(23)25)17(24)21-12-4-2-3-11(20)8-12/h2-8,13,15-16H,9H2,1H3,(H,21,24)/t13-,15+,16+,19+/m1/s1. The van der Waals surface area contributed by atoms with E-state index in [-0.39, 0.29) is 11.8 Å². The van der Waals surface area contributed by atoms with E-state index in [2.05, 4.69) is 10.5 Å². The van der Waals surface area contributed by atoms with E-state index in [0.29, 0.717) is 28.8 Å². The van der Waals surface area contributed by atoms with Crippen LogP contribution in [0.25, 0.3) is 0 Å². The molecule has 2 saturated heterocycles. The van der Waals surface area contributed by atoms with E-state index in [0.717, 1.165) is 0 Å². The molecule has 2 fully saturated rings. The number of nitrogens with one attached hydrogen (secondary N) is 1. The van der Waals surface area contributed by atoms with Crippen LogP contribution >= 0.6 is 11.6 Å². The van der Waals surface area contributed by atoms with Crippen molar-refractivity contribution in [2.75, 3.05) is 16.8 Å². The first-order valence-electron chi connectivity index (χ1n) is 8.65. The molecule has 0 saturated carbocycles. The number of carbonyl (C=O) groups excluding carboxylic acids is 2. The molecule has 1 N–H and O–H groups in total. The number of aromatic nitrogens is 1. The van der Waals surface area contributed by atoms with E-state index >= 15 is 0 Å². The van der Waals surface area contributed by atoms with Gasteiger partial charge in [0.05, 0.1) is 24.5 Å². The topological polar surface area (TPSA) is 84.7 Å². The number of rotatable bonds is 3. The fourth-order valence-corrected chi connectivity index (χ4v) is 4.45. The Kier molecular flexibility index (Phi) is 3.47. The number of carbonyl (C=O) groups is 2. The third-order valence-electron chi connectivity index (χ3n) is 5.39. The smallest absolute Gasteiger partial charge is 0.235 e. The van der Waals surface area contributed by atoms with Crippen molar-refractivity contribution >= 4 is 34.9 Å². The SMILES string of the molecule is Cc1cc(N2C[C@]34C=C[C@@H](O3)[C@H](C(=O)Nc3cccc(Cl)c3)[C@H]4C2=O)no1. The molecule has 1 spiro atoms. The van der Waals surface area contributed by atoms with E-state index in [1.165, 1.54) is 4.90 Å². The highest BCUT2D eigenvalue weighted by atomic mass is 35.5. The van der Waals surface area contributed by atoms with Gasteiger partial charge < -0.3 is 14.6 Å². The van der Waals surface area contributed by atoms with Crippen LogP contribution in [0, 0.1) is 18.8 Å². The minimum Gasteiger partial charge on any atom is -0.360 e. The van der Waals surface area contributed by atoms with Crippen LogP contribution in [0.3, 0.4) is 0 Å². The number of ether oxygens (including phenoxy) is 1. The van der Waals surface area contributed by atoms with Crippen molar-refractivity contribution in [2.45, 2.75) is 18.6 Å². The van der Waals surface area contributed by atoms with Crippen LogP contribution in [0.4, 0.5) is 11.5 Å². The van der Waals surface area contributed by atoms with Gasteiger partial charge in [0.1, 0.15) is 11.4 Å². The van der Waals surface area contributed by atoms with Gasteiger partial charge in [-0.15, -0.1) is 0 Å². The molecule has 7 nitrogen and oxygen atoms in total. The lowest BCUT2D eigenvalue weighted by Gasteiger charge is -2.23. The Morgan fingerprint density at radius 2 is 2.26 bits per heavy atom. The Morgan fingerprint density at radius 3 is 3.00 bits per heavy atom. The molecule has 0 unspecified atom stereocenters. The fourth-order valence-electron chi connectivity index (χ4n) is 4.26. The molecule has 3 aliphatic rings. The first kappa shape index (κ1) is 16.5. The molecule has 1 aromatic carbocycles. The third-order valence-corrected chi connectivity index (χ3v) is 5.62. The summed E-state index contributed by atoms with van der Waals surface area (Å²) < 4.78 is 11.2. The van der Waals surface area contributed by atoms with E-state index < -0.39 is 23.5 Å². The Bertz CT molecular complexity index is 987. The van der Waals surface area contributed by atoms with Crippen molar-refractivity contribution in [3.63, 3.8) is 0 Å². The van der Waals surface area contributed by atoms with Gasteiger partial charge in [-0.1, -0.05) is 35.0 Å². The van der Waals surface area contributed by atoms with Crippen LogP contribution in [-0.2, 0) is 14.3 Å². The summed E-state index contributed by atoms with van der Waals surface area (Å²) in [6, 6.07) is 8.61. The highest BCUT2D eigenvalue weighted by molar-refractivity contribution is 6.30. The summed E-state index contributed by atoms with van der Waals surface area (Å²) in [7, 11) is 0. The number of hydrogen-bond acceptors (Lipinski definition) is 5. The largest absolute Gasteiger partial charge is 0.360 e. The zero-order chi connectivity index (χ0) is 18.8. The van der Waals surface area contributed by atoms with Gasteiger partial charge in [0.15, 0.2) is 5.82 Å². The summed E-state index contributed by atoms with van der Waals surface area (Å²) in [6.45, 7) is 2.08. The average molecular weight is 386 g/mol. The summed E-state index contributed by atoms with van der Waals surface area (Å²) in [5.41, 5.74) is -0.215. The molecule has 27 heavy (non-hydrogen) atoms. The fraction of sp³-hybridized carbons (Fsp3) is 0.316. The molecule has 5 rings (SSSR count). The van der Waals surface area contributed by atoms with Gasteiger partial charge >= 0.3 is 0 Å². The molecule has 4 heterocycles. The normalized spacial score (nSPS) is 30.8. The summed E-state index contributed by atoms with van der Waals surface area (Å²) >= 11 is 5.99. The zero-order valence-electron chi connectivity index (χ0n) is 14.4. The lowest BCUT2D eigenvalue weighted by molar-refractivity contribution is -0.128. The van der Waals surface area contributed by atoms with Crippen molar-refractivity contribution in [1.82, 2.24) is 5.16 Å². The van der Waals surface area contributed by atoms with Crippen LogP contribution in [-0.4, -0.2) is 35.2 Å². The average Bonchev–Trinajstić information content (AvgIpc) is 3.36. The molecule has 2 aromatic rings. The van der Waals surface area contributed by atoms with Crippen LogP contribution in [0.2, 0.25) is 5.02 Å². The second kappa shape index (κ2) is 5.68. The number of nitrogens with zero attached hydrogens (tertiary/aromatic N) is 2. The maximum absolute atomic E-state index is 13.1. The first-order valence-corrected chi connectivity index (χ1v) is 9.03. The van der Waals surface area contributed by atoms with Crippen molar-refractivity contribution in [3.8, 4) is 0 Å². The Labute approximate surface area is 159 Å². The van der Waals surface area contributed by atoms with Gasteiger partial charge in [-0.2, -0.15) is 0 Å². The monoisotopic (exact) mass is 385 g/mol. The Balaban J connectivity index is 1.44. The number of benzene rings is 1. The molecule has 0 aliphatic carbocycles. The van der Waals surface area contributed by atoms with Crippen LogP contribution in [0.1, 0.15) is 5.76 Å². The van der Waals surface area contributed by atoms with Crippen molar-refractivity contribution in [3.05, 3.63) is 53.3 Å². The summed E-state index contributed by atoms with van der Waals surface area (Å²) in [5.74, 6) is -0.589. The maximum atomic E-state index is 13.1. The quantitative estimate of drug-likeness (QED) is 0.821. The number of fused-ring (bicyclic) bond motifs is 1. The number of aryl methyl sites for hydroxylation is 1. The number of anilines is 2. The molecular weight excluding hydrogens is 370 g/mol.